The van der Waals surface area contributed by atoms with Crippen LogP contribution in [-0.4, -0.2) is 28.5 Å². The van der Waals surface area contributed by atoms with E-state index in [4.69, 9.17) is 10.9 Å². The van der Waals surface area contributed by atoms with Crippen molar-refractivity contribution >= 4 is 11.7 Å². The third-order valence-electron chi connectivity index (χ3n) is 2.89. The molecule has 1 rings (SSSR count). The predicted octanol–water partition coefficient (Wildman–Crippen LogP) is 1.73. The minimum Gasteiger partial charge on any atom is -0.409 e. The number of carbonyl (C=O) groups excluding carboxylic acids is 1. The number of nitrogens with zero attached hydrogens (tertiary/aromatic N) is 2. The number of nitrogens with one attached hydrogen (secondary N) is 1. The molecule has 6 heteroatoms. The summed E-state index contributed by atoms with van der Waals surface area (Å²) in [5, 5.41) is 14.2. The molecule has 4 N–H and O–H groups in total. The smallest absolute Gasteiger partial charge is 0.269 e. The first-order valence-electron chi connectivity index (χ1n) is 6.76. The summed E-state index contributed by atoms with van der Waals surface area (Å²) < 4.78 is 0. The van der Waals surface area contributed by atoms with Gasteiger partial charge < -0.3 is 16.3 Å². The molecule has 1 aromatic rings. The Morgan fingerprint density at radius 1 is 1.45 bits per heavy atom. The Hall–Kier alpha value is -2.11. The maximum Gasteiger partial charge on any atom is 0.269 e. The second-order valence-electron chi connectivity index (χ2n) is 5.06. The third kappa shape index (κ3) is 5.26. The van der Waals surface area contributed by atoms with Gasteiger partial charge in [-0.05, 0) is 24.5 Å². The van der Waals surface area contributed by atoms with Crippen LogP contribution in [-0.2, 0) is 0 Å². The summed E-state index contributed by atoms with van der Waals surface area (Å²) in [7, 11) is 0. The van der Waals surface area contributed by atoms with E-state index in [1.54, 1.807) is 12.1 Å². The summed E-state index contributed by atoms with van der Waals surface area (Å²) in [5.74, 6) is 0.456. The summed E-state index contributed by atoms with van der Waals surface area (Å²) >= 11 is 0. The highest BCUT2D eigenvalue weighted by molar-refractivity contribution is 5.98. The minimum absolute atomic E-state index is 0.0295. The Morgan fingerprint density at radius 3 is 2.75 bits per heavy atom. The van der Waals surface area contributed by atoms with E-state index in [1.165, 1.54) is 12.6 Å². The molecular weight excluding hydrogens is 256 g/mol. The highest BCUT2D eigenvalue weighted by atomic mass is 16.4. The first kappa shape index (κ1) is 15.9. The lowest BCUT2D eigenvalue weighted by molar-refractivity contribution is 0.0948. The topological polar surface area (TPSA) is 101 Å². The zero-order valence-electron chi connectivity index (χ0n) is 12.0. The summed E-state index contributed by atoms with van der Waals surface area (Å²) in [6.45, 7) is 5.02. The van der Waals surface area contributed by atoms with E-state index in [-0.39, 0.29) is 11.7 Å². The van der Waals surface area contributed by atoms with Gasteiger partial charge in [-0.2, -0.15) is 0 Å². The van der Waals surface area contributed by atoms with Crippen LogP contribution < -0.4 is 11.1 Å². The number of hydrogen-bond acceptors (Lipinski definition) is 4. The molecule has 0 atom stereocenters. The van der Waals surface area contributed by atoms with E-state index in [0.717, 1.165) is 12.8 Å². The Labute approximate surface area is 119 Å². The number of hydrogen-bond donors (Lipinski definition) is 3. The Kier molecular flexibility index (Phi) is 6.49. The van der Waals surface area contributed by atoms with Gasteiger partial charge in [0.1, 0.15) is 5.69 Å². The SMILES string of the molecule is CC(C)CCCCNC(=O)c1ccc(/C(N)=N/O)cn1. The van der Waals surface area contributed by atoms with Crippen molar-refractivity contribution in [3.05, 3.63) is 29.6 Å². The van der Waals surface area contributed by atoms with Gasteiger partial charge >= 0.3 is 0 Å². The highest BCUT2D eigenvalue weighted by Gasteiger charge is 2.07. The zero-order chi connectivity index (χ0) is 15.0. The van der Waals surface area contributed by atoms with E-state index < -0.39 is 0 Å². The van der Waals surface area contributed by atoms with E-state index in [2.05, 4.69) is 29.3 Å². The Bertz CT molecular complexity index is 455. The number of amides is 1. The molecule has 0 spiro atoms. The van der Waals surface area contributed by atoms with Crippen molar-refractivity contribution in [1.82, 2.24) is 10.3 Å². The molecule has 0 aliphatic rings. The lowest BCUT2D eigenvalue weighted by Gasteiger charge is -2.06. The van der Waals surface area contributed by atoms with Gasteiger partial charge in [0.05, 0.1) is 0 Å². The van der Waals surface area contributed by atoms with Crippen molar-refractivity contribution in [2.45, 2.75) is 33.1 Å². The molecule has 6 nitrogen and oxygen atoms in total. The molecule has 0 fully saturated rings. The van der Waals surface area contributed by atoms with E-state index in [9.17, 15) is 4.79 Å². The van der Waals surface area contributed by atoms with E-state index in [1.807, 2.05) is 0 Å². The predicted molar refractivity (Wildman–Crippen MR) is 77.8 cm³/mol. The summed E-state index contributed by atoms with van der Waals surface area (Å²) in [5.41, 5.74) is 6.21. The highest BCUT2D eigenvalue weighted by Crippen LogP contribution is 2.05. The summed E-state index contributed by atoms with van der Waals surface area (Å²) in [6.07, 6.45) is 4.64. The Morgan fingerprint density at radius 2 is 2.20 bits per heavy atom. The fourth-order valence-electron chi connectivity index (χ4n) is 1.71. The zero-order valence-corrected chi connectivity index (χ0v) is 12.0. The number of unbranched alkanes of at least 4 members (excludes halogenated alkanes) is 1. The van der Waals surface area contributed by atoms with Crippen LogP contribution in [0.4, 0.5) is 0 Å². The van der Waals surface area contributed by atoms with Crippen LogP contribution in [0.3, 0.4) is 0 Å². The fraction of sp³-hybridized carbons (Fsp3) is 0.500. The summed E-state index contributed by atoms with van der Waals surface area (Å²) in [6, 6.07) is 3.15. The van der Waals surface area contributed by atoms with Crippen LogP contribution in [0.5, 0.6) is 0 Å². The van der Waals surface area contributed by atoms with Crippen molar-refractivity contribution in [2.75, 3.05) is 6.54 Å². The van der Waals surface area contributed by atoms with Crippen molar-refractivity contribution < 1.29 is 10.0 Å². The Balaban J connectivity index is 2.40. The molecule has 0 unspecified atom stereocenters. The van der Waals surface area contributed by atoms with Crippen molar-refractivity contribution in [3.8, 4) is 0 Å². The number of amidine groups is 1. The first-order valence-corrected chi connectivity index (χ1v) is 6.76. The number of pyridine rings is 1. The minimum atomic E-state index is -0.208. The van der Waals surface area contributed by atoms with Crippen LogP contribution >= 0.6 is 0 Å². The number of nitrogens with two attached hydrogens (primary N) is 1. The first-order chi connectivity index (χ1) is 9.54. The van der Waals surface area contributed by atoms with Crippen LogP contribution in [0.1, 0.15) is 49.2 Å². The molecule has 0 saturated heterocycles. The van der Waals surface area contributed by atoms with Crippen LogP contribution in [0.2, 0.25) is 0 Å². The molecule has 0 radical (unpaired) electrons. The van der Waals surface area contributed by atoms with Crippen molar-refractivity contribution in [1.29, 1.82) is 0 Å². The quantitative estimate of drug-likeness (QED) is 0.232. The molecule has 110 valence electrons. The average molecular weight is 278 g/mol. The molecule has 1 aromatic heterocycles. The lowest BCUT2D eigenvalue weighted by Crippen LogP contribution is -2.25. The van der Waals surface area contributed by atoms with Crippen LogP contribution in [0.25, 0.3) is 0 Å². The van der Waals surface area contributed by atoms with Gasteiger partial charge in [-0.1, -0.05) is 31.8 Å². The molecule has 1 heterocycles. The maximum atomic E-state index is 11.8. The van der Waals surface area contributed by atoms with Gasteiger partial charge in [-0.15, -0.1) is 0 Å². The molecular formula is C14H22N4O2. The molecule has 0 aliphatic heterocycles. The van der Waals surface area contributed by atoms with Crippen molar-refractivity contribution in [2.24, 2.45) is 16.8 Å². The normalized spacial score (nSPS) is 11.7. The van der Waals surface area contributed by atoms with Gasteiger partial charge in [0.25, 0.3) is 5.91 Å². The lowest BCUT2D eigenvalue weighted by atomic mass is 10.1. The largest absolute Gasteiger partial charge is 0.409 e. The van der Waals surface area contributed by atoms with Gasteiger partial charge in [-0.25, -0.2) is 0 Å². The van der Waals surface area contributed by atoms with Gasteiger partial charge in [-0.3, -0.25) is 9.78 Å². The monoisotopic (exact) mass is 278 g/mol. The number of rotatable bonds is 7. The molecule has 20 heavy (non-hydrogen) atoms. The maximum absolute atomic E-state index is 11.8. The van der Waals surface area contributed by atoms with Gasteiger partial charge in [0.2, 0.25) is 0 Å². The van der Waals surface area contributed by atoms with Crippen LogP contribution in [0, 0.1) is 5.92 Å². The molecule has 0 saturated carbocycles. The molecule has 0 aliphatic carbocycles. The second-order valence-corrected chi connectivity index (χ2v) is 5.06. The van der Waals surface area contributed by atoms with E-state index >= 15 is 0 Å². The van der Waals surface area contributed by atoms with Gasteiger partial charge in [0, 0.05) is 18.3 Å². The average Bonchev–Trinajstić information content (AvgIpc) is 2.45. The second kappa shape index (κ2) is 8.14. The van der Waals surface area contributed by atoms with Crippen molar-refractivity contribution in [3.63, 3.8) is 0 Å². The third-order valence-corrected chi connectivity index (χ3v) is 2.89. The standard InChI is InChI=1S/C14H22N4O2/c1-10(2)5-3-4-8-16-14(19)12-7-6-11(9-17-12)13(15)18-20/h6-7,9-10,20H,3-5,8H2,1-2H3,(H2,15,18)(H,16,19). The number of oxime groups is 1. The van der Waals surface area contributed by atoms with E-state index in [0.29, 0.717) is 23.7 Å². The molecule has 0 bridgehead atoms. The number of aromatic nitrogens is 1. The number of carbonyl (C=O) groups is 1. The van der Waals surface area contributed by atoms with Gasteiger partial charge in [0.15, 0.2) is 5.84 Å². The fourth-order valence-corrected chi connectivity index (χ4v) is 1.71. The summed E-state index contributed by atoms with van der Waals surface area (Å²) in [4.78, 5) is 15.8. The molecule has 0 aromatic carbocycles. The molecule has 1 amide bonds. The van der Waals surface area contributed by atoms with Crippen LogP contribution in [0.15, 0.2) is 23.5 Å².